The van der Waals surface area contributed by atoms with Crippen molar-refractivity contribution in [3.8, 4) is 0 Å². The molecule has 2 rings (SSSR count). The van der Waals surface area contributed by atoms with Gasteiger partial charge in [-0.25, -0.2) is 0 Å². The Kier molecular flexibility index (Phi) is 2.82. The summed E-state index contributed by atoms with van der Waals surface area (Å²) < 4.78 is 0. The first-order valence-corrected chi connectivity index (χ1v) is 7.35. The molecular weight excluding hydrogens is 220 g/mol. The summed E-state index contributed by atoms with van der Waals surface area (Å²) >= 11 is 0. The molecule has 0 saturated heterocycles. The minimum atomic E-state index is -0.135. The summed E-state index contributed by atoms with van der Waals surface area (Å²) in [6, 6.07) is 10.4. The predicted molar refractivity (Wildman–Crippen MR) is 66.1 cm³/mol. The molecule has 1 heterocycles. The Morgan fingerprint density at radius 3 is 2.46 bits per heavy atom. The lowest BCUT2D eigenvalue weighted by Crippen LogP contribution is -1.78. The summed E-state index contributed by atoms with van der Waals surface area (Å²) in [5.41, 5.74) is 1.27. The van der Waals surface area contributed by atoms with Crippen LogP contribution in [0.15, 0.2) is 36.4 Å². The Morgan fingerprint density at radius 2 is 1.92 bits per heavy atom. The number of hydrogen-bond acceptors (Lipinski definition) is 1. The number of halogens is 1. The molecule has 13 heavy (non-hydrogen) atoms. The van der Waals surface area contributed by atoms with E-state index in [-0.39, 0.29) is 8.73 Å². The highest BCUT2D eigenvalue weighted by molar-refractivity contribution is 8.95. The van der Waals surface area contributed by atoms with Gasteiger partial charge in [-0.3, -0.25) is 0 Å². The van der Waals surface area contributed by atoms with Crippen LogP contribution in [0.3, 0.4) is 0 Å². The fourth-order valence-electron chi connectivity index (χ4n) is 1.13. The molecule has 0 amide bonds. The molecule has 0 saturated carbocycles. The minimum absolute atomic E-state index is 0.135. The van der Waals surface area contributed by atoms with Gasteiger partial charge in [0.2, 0.25) is 0 Å². The van der Waals surface area contributed by atoms with Crippen LogP contribution in [-0.4, -0.2) is 4.86 Å². The highest BCUT2D eigenvalue weighted by Crippen LogP contribution is 2.51. The van der Waals surface area contributed by atoms with Gasteiger partial charge in [-0.05, 0) is 53.6 Å². The first kappa shape index (κ1) is 9.38. The van der Waals surface area contributed by atoms with Gasteiger partial charge >= 0.3 is 0 Å². The van der Waals surface area contributed by atoms with Gasteiger partial charge in [-0.1, -0.05) is 30.3 Å². The van der Waals surface area contributed by atoms with E-state index in [2.05, 4.69) is 37.3 Å². The van der Waals surface area contributed by atoms with Crippen molar-refractivity contribution in [3.63, 3.8) is 0 Å². The van der Waals surface area contributed by atoms with E-state index in [4.69, 9.17) is 10.7 Å². The highest BCUT2D eigenvalue weighted by atomic mass is 35.7. The molecule has 0 aromatic heterocycles. The third kappa shape index (κ3) is 2.01. The first-order chi connectivity index (χ1) is 6.27. The van der Waals surface area contributed by atoms with Gasteiger partial charge in [0.25, 0.3) is 0 Å². The van der Waals surface area contributed by atoms with Gasteiger partial charge in [0.05, 0.1) is 0 Å². The maximum atomic E-state index is 6.11. The smallest absolute Gasteiger partial charge is 0.0269 e. The second kappa shape index (κ2) is 3.91. The fraction of sp³-hybridized carbons (Fsp3) is 0.100. The molecule has 1 aromatic carbocycles. The summed E-state index contributed by atoms with van der Waals surface area (Å²) in [6.07, 6.45) is 2.18. The summed E-state index contributed by atoms with van der Waals surface area (Å²) in [4.78, 5) is 2.56. The van der Waals surface area contributed by atoms with Gasteiger partial charge < -0.3 is 0 Å². The molecule has 0 radical (unpaired) electrons. The van der Waals surface area contributed by atoms with Crippen LogP contribution in [0, 0.1) is 0 Å². The van der Waals surface area contributed by atoms with Crippen LogP contribution in [0.5, 0.6) is 0 Å². The van der Waals surface area contributed by atoms with Crippen molar-refractivity contribution in [1.29, 1.82) is 0 Å². The van der Waals surface area contributed by atoms with Crippen LogP contribution in [-0.2, 0) is 0 Å². The zero-order valence-corrected chi connectivity index (χ0v) is 9.55. The zero-order valence-electron chi connectivity index (χ0n) is 7.16. The minimum Gasteiger partial charge on any atom is -0.0622 e. The quantitative estimate of drug-likeness (QED) is 0.510. The van der Waals surface area contributed by atoms with E-state index in [0.29, 0.717) is 0 Å². The third-order valence-electron chi connectivity index (χ3n) is 1.81. The Bertz CT molecular complexity index is 379. The summed E-state index contributed by atoms with van der Waals surface area (Å²) in [6.45, 7) is 2.08. The molecule has 1 unspecified atom stereocenters. The topological polar surface area (TPSA) is 0 Å². The van der Waals surface area contributed by atoms with E-state index in [1.165, 1.54) is 15.3 Å². The summed E-state index contributed by atoms with van der Waals surface area (Å²) in [5, 5.41) is 0. The van der Waals surface area contributed by atoms with Crippen LogP contribution in [0.1, 0.15) is 12.5 Å². The lowest BCUT2D eigenvalue weighted by atomic mass is 10.2. The zero-order chi connectivity index (χ0) is 9.26. The van der Waals surface area contributed by atoms with Crippen LogP contribution >= 0.6 is 30.2 Å². The lowest BCUT2D eigenvalue weighted by molar-refractivity contribution is 1.66. The van der Waals surface area contributed by atoms with E-state index in [0.717, 1.165) is 0 Å². The molecule has 1 aromatic rings. The first-order valence-electron chi connectivity index (χ1n) is 3.97. The van der Waals surface area contributed by atoms with Crippen molar-refractivity contribution in [3.05, 3.63) is 42.0 Å². The van der Waals surface area contributed by atoms with Gasteiger partial charge in [0.15, 0.2) is 0 Å². The Labute approximate surface area is 88.8 Å². The standard InChI is InChI=1S/C10H9ClS2/c1-8-7-10(12-13(8)11)9-5-3-2-4-6-9/h2-7H,1H3. The van der Waals surface area contributed by atoms with Crippen molar-refractivity contribution >= 4 is 40.0 Å². The van der Waals surface area contributed by atoms with Crippen molar-refractivity contribution < 1.29 is 0 Å². The van der Waals surface area contributed by atoms with E-state index < -0.39 is 0 Å². The molecule has 1 atom stereocenters. The molecule has 0 aliphatic carbocycles. The Morgan fingerprint density at radius 1 is 1.23 bits per heavy atom. The van der Waals surface area contributed by atoms with Crippen LogP contribution in [0.25, 0.3) is 4.91 Å². The van der Waals surface area contributed by atoms with Gasteiger partial charge in [-0.2, -0.15) is 0 Å². The number of hydrogen-bond donors (Lipinski definition) is 0. The molecule has 0 bridgehead atoms. The summed E-state index contributed by atoms with van der Waals surface area (Å²) in [7, 11) is 7.72. The number of rotatable bonds is 1. The lowest BCUT2D eigenvalue weighted by Gasteiger charge is -1.99. The van der Waals surface area contributed by atoms with E-state index >= 15 is 0 Å². The van der Waals surface area contributed by atoms with Gasteiger partial charge in [0, 0.05) is 4.91 Å². The molecule has 0 spiro atoms. The van der Waals surface area contributed by atoms with Crippen molar-refractivity contribution in [2.45, 2.75) is 6.92 Å². The van der Waals surface area contributed by atoms with E-state index in [1.807, 2.05) is 6.07 Å². The SMILES string of the molecule is CC1=S(Cl)SC(c2ccccc2)=C1. The predicted octanol–water partition coefficient (Wildman–Crippen LogP) is 4.30. The molecule has 1 aliphatic heterocycles. The largest absolute Gasteiger partial charge is 0.0622 e. The normalized spacial score (nSPS) is 21.8. The average molecular weight is 229 g/mol. The van der Waals surface area contributed by atoms with Gasteiger partial charge in [0.1, 0.15) is 0 Å². The maximum absolute atomic E-state index is 6.11. The molecule has 3 heteroatoms. The van der Waals surface area contributed by atoms with Gasteiger partial charge in [-0.15, -0.1) is 0 Å². The van der Waals surface area contributed by atoms with Crippen molar-refractivity contribution in [1.82, 2.24) is 0 Å². The molecule has 0 nitrogen and oxygen atoms in total. The maximum Gasteiger partial charge on any atom is 0.0269 e. The molecule has 68 valence electrons. The third-order valence-corrected chi connectivity index (χ3v) is 6.18. The van der Waals surface area contributed by atoms with Crippen molar-refractivity contribution in [2.75, 3.05) is 0 Å². The highest BCUT2D eigenvalue weighted by Gasteiger charge is 2.12. The van der Waals surface area contributed by atoms with Crippen LogP contribution < -0.4 is 0 Å². The molecule has 0 N–H and O–H groups in total. The van der Waals surface area contributed by atoms with Crippen LogP contribution in [0.4, 0.5) is 0 Å². The second-order valence-electron chi connectivity index (χ2n) is 2.79. The molecule has 0 fully saturated rings. The van der Waals surface area contributed by atoms with E-state index in [1.54, 1.807) is 10.8 Å². The van der Waals surface area contributed by atoms with Crippen LogP contribution in [0.2, 0.25) is 0 Å². The molecule has 1 aliphatic rings. The number of benzene rings is 1. The van der Waals surface area contributed by atoms with E-state index in [9.17, 15) is 0 Å². The fourth-order valence-corrected chi connectivity index (χ4v) is 4.35. The second-order valence-corrected chi connectivity index (χ2v) is 7.46. The summed E-state index contributed by atoms with van der Waals surface area (Å²) in [5.74, 6) is 0. The Balaban J connectivity index is 2.29. The Hall–Kier alpha value is -0.180. The monoisotopic (exact) mass is 228 g/mol. The average Bonchev–Trinajstić information content (AvgIpc) is 2.49. The molecular formula is C10H9ClS2. The van der Waals surface area contributed by atoms with Crippen molar-refractivity contribution in [2.24, 2.45) is 0 Å². The number of allylic oxidation sites excluding steroid dienone is 1.